The van der Waals surface area contributed by atoms with Gasteiger partial charge in [-0.1, -0.05) is 6.42 Å². The minimum Gasteiger partial charge on any atom is -0.478 e. The lowest BCUT2D eigenvalue weighted by molar-refractivity contribution is 0.0697. The molecule has 5 nitrogen and oxygen atoms in total. The van der Waals surface area contributed by atoms with E-state index in [1.165, 1.54) is 37.3 Å². The Morgan fingerprint density at radius 3 is 3.05 bits per heavy atom. The van der Waals surface area contributed by atoms with Gasteiger partial charge in [0.2, 0.25) is 0 Å². The zero-order chi connectivity index (χ0) is 13.4. The topological polar surface area (TPSA) is 65.5 Å². The van der Waals surface area contributed by atoms with Crippen molar-refractivity contribution in [2.24, 2.45) is 0 Å². The normalized spacial score (nSPS) is 27.2. The van der Waals surface area contributed by atoms with Crippen LogP contribution in [0.2, 0.25) is 0 Å². The van der Waals surface area contributed by atoms with Gasteiger partial charge in [-0.25, -0.2) is 4.79 Å². The largest absolute Gasteiger partial charge is 0.478 e. The van der Waals surface area contributed by atoms with E-state index in [1.54, 1.807) is 6.92 Å². The summed E-state index contributed by atoms with van der Waals surface area (Å²) in [5.74, 6) is -0.882. The van der Waals surface area contributed by atoms with Crippen LogP contribution in [0.15, 0.2) is 0 Å². The Bertz CT molecular complexity index is 488. The van der Waals surface area contributed by atoms with E-state index in [9.17, 15) is 9.90 Å². The molecule has 0 bridgehead atoms. The van der Waals surface area contributed by atoms with E-state index in [4.69, 9.17) is 0 Å². The van der Waals surface area contributed by atoms with Gasteiger partial charge in [0.25, 0.3) is 0 Å². The van der Waals surface area contributed by atoms with Gasteiger partial charge >= 0.3 is 5.97 Å². The zero-order valence-electron chi connectivity index (χ0n) is 11.1. The molecule has 19 heavy (non-hydrogen) atoms. The van der Waals surface area contributed by atoms with Crippen molar-refractivity contribution in [1.82, 2.24) is 9.27 Å². The Morgan fingerprint density at radius 2 is 2.26 bits per heavy atom. The number of nitrogens with one attached hydrogen (secondary N) is 1. The molecular formula is C13H19N3O2S. The second kappa shape index (κ2) is 5.09. The Morgan fingerprint density at radius 1 is 1.42 bits per heavy atom. The van der Waals surface area contributed by atoms with E-state index in [1.807, 2.05) is 0 Å². The van der Waals surface area contributed by atoms with E-state index < -0.39 is 5.97 Å². The molecular weight excluding hydrogens is 262 g/mol. The van der Waals surface area contributed by atoms with Crippen LogP contribution in [0.4, 0.5) is 5.00 Å². The van der Waals surface area contributed by atoms with Gasteiger partial charge in [0.05, 0.1) is 5.69 Å². The Kier molecular flexibility index (Phi) is 3.45. The second-order valence-electron chi connectivity index (χ2n) is 5.42. The molecule has 0 spiro atoms. The Balaban J connectivity index is 1.77. The molecule has 1 aromatic rings. The van der Waals surface area contributed by atoms with E-state index in [0.29, 0.717) is 23.3 Å². The fraction of sp³-hybridized carbons (Fsp3) is 0.692. The van der Waals surface area contributed by atoms with Gasteiger partial charge in [-0.3, -0.25) is 4.90 Å². The number of hydrogen-bond donors (Lipinski definition) is 2. The first kappa shape index (κ1) is 12.9. The third kappa shape index (κ3) is 2.34. The standard InChI is InChI=1S/C13H19N3O2S/c1-8-11(13(17)18)12(19-15-8)14-9-5-7-16-6-3-2-4-10(9)16/h9-10,14H,2-7H2,1H3,(H,17,18). The summed E-state index contributed by atoms with van der Waals surface area (Å²) < 4.78 is 4.17. The highest BCUT2D eigenvalue weighted by Crippen LogP contribution is 2.32. The molecule has 2 fully saturated rings. The van der Waals surface area contributed by atoms with Crippen LogP contribution in [0.5, 0.6) is 0 Å². The van der Waals surface area contributed by atoms with Crippen molar-refractivity contribution in [2.45, 2.75) is 44.7 Å². The van der Waals surface area contributed by atoms with E-state index >= 15 is 0 Å². The number of nitrogens with zero attached hydrogens (tertiary/aromatic N) is 2. The fourth-order valence-corrected chi connectivity index (χ4v) is 4.15. The predicted molar refractivity (Wildman–Crippen MR) is 75.1 cm³/mol. The number of aryl methyl sites for hydroxylation is 1. The van der Waals surface area contributed by atoms with Gasteiger partial charge in [0.15, 0.2) is 0 Å². The monoisotopic (exact) mass is 281 g/mol. The quantitative estimate of drug-likeness (QED) is 0.889. The summed E-state index contributed by atoms with van der Waals surface area (Å²) in [4.78, 5) is 13.8. The summed E-state index contributed by atoms with van der Waals surface area (Å²) in [7, 11) is 0. The lowest BCUT2D eigenvalue weighted by Crippen LogP contribution is -2.41. The molecule has 2 aliphatic heterocycles. The summed E-state index contributed by atoms with van der Waals surface area (Å²) >= 11 is 1.27. The molecule has 3 rings (SSSR count). The molecule has 2 unspecified atom stereocenters. The first-order chi connectivity index (χ1) is 9.16. The number of aromatic carboxylic acids is 1. The average Bonchev–Trinajstić information content (AvgIpc) is 2.95. The Hall–Kier alpha value is -1.14. The summed E-state index contributed by atoms with van der Waals surface area (Å²) in [6.45, 7) is 4.07. The van der Waals surface area contributed by atoms with Crippen LogP contribution in [0.1, 0.15) is 41.7 Å². The van der Waals surface area contributed by atoms with Crippen LogP contribution in [-0.4, -0.2) is 45.5 Å². The highest BCUT2D eigenvalue weighted by atomic mass is 32.1. The maximum absolute atomic E-state index is 11.3. The third-order valence-corrected chi connectivity index (χ3v) is 5.12. The van der Waals surface area contributed by atoms with Crippen LogP contribution in [0.3, 0.4) is 0 Å². The van der Waals surface area contributed by atoms with E-state index in [0.717, 1.165) is 18.0 Å². The summed E-state index contributed by atoms with van der Waals surface area (Å²) in [5.41, 5.74) is 0.956. The molecule has 3 heterocycles. The van der Waals surface area contributed by atoms with Crippen LogP contribution in [0, 0.1) is 6.92 Å². The average molecular weight is 281 g/mol. The number of hydrogen-bond acceptors (Lipinski definition) is 5. The summed E-state index contributed by atoms with van der Waals surface area (Å²) in [6, 6.07) is 0.941. The van der Waals surface area contributed by atoms with Crippen molar-refractivity contribution in [3.8, 4) is 0 Å². The SMILES string of the molecule is Cc1nsc(NC2CCN3CCCCC23)c1C(=O)O. The number of carbonyl (C=O) groups is 1. The lowest BCUT2D eigenvalue weighted by atomic mass is 9.99. The molecule has 2 aliphatic rings. The van der Waals surface area contributed by atoms with Crippen molar-refractivity contribution in [2.75, 3.05) is 18.4 Å². The maximum atomic E-state index is 11.3. The van der Waals surface area contributed by atoms with Gasteiger partial charge in [-0.15, -0.1) is 0 Å². The predicted octanol–water partition coefficient (Wildman–Crippen LogP) is 2.19. The molecule has 0 aliphatic carbocycles. The van der Waals surface area contributed by atoms with Gasteiger partial charge in [0, 0.05) is 18.6 Å². The molecule has 0 saturated carbocycles. The molecule has 2 N–H and O–H groups in total. The molecule has 2 atom stereocenters. The Labute approximate surface area is 116 Å². The number of rotatable bonds is 3. The first-order valence-corrected chi connectivity index (χ1v) is 7.64. The molecule has 1 aromatic heterocycles. The van der Waals surface area contributed by atoms with Crippen molar-refractivity contribution in [3.63, 3.8) is 0 Å². The molecule has 0 aromatic carbocycles. The second-order valence-corrected chi connectivity index (χ2v) is 6.19. The van der Waals surface area contributed by atoms with Crippen LogP contribution in [-0.2, 0) is 0 Å². The van der Waals surface area contributed by atoms with Crippen LogP contribution in [0.25, 0.3) is 0 Å². The van der Waals surface area contributed by atoms with Crippen LogP contribution >= 0.6 is 11.5 Å². The molecule has 6 heteroatoms. The fourth-order valence-electron chi connectivity index (χ4n) is 3.30. The zero-order valence-corrected chi connectivity index (χ0v) is 11.9. The molecule has 0 amide bonds. The first-order valence-electron chi connectivity index (χ1n) is 6.87. The van der Waals surface area contributed by atoms with Crippen molar-refractivity contribution < 1.29 is 9.90 Å². The number of piperidine rings is 1. The lowest BCUT2D eigenvalue weighted by Gasteiger charge is -2.32. The van der Waals surface area contributed by atoms with E-state index in [-0.39, 0.29) is 0 Å². The van der Waals surface area contributed by atoms with Gasteiger partial charge in [0.1, 0.15) is 10.6 Å². The number of fused-ring (bicyclic) bond motifs is 1. The van der Waals surface area contributed by atoms with Crippen molar-refractivity contribution in [1.29, 1.82) is 0 Å². The smallest absolute Gasteiger partial charge is 0.340 e. The highest BCUT2D eigenvalue weighted by molar-refractivity contribution is 7.10. The van der Waals surface area contributed by atoms with Crippen molar-refractivity contribution in [3.05, 3.63) is 11.3 Å². The summed E-state index contributed by atoms with van der Waals surface area (Å²) in [6.07, 6.45) is 4.90. The minimum atomic E-state index is -0.882. The minimum absolute atomic E-state index is 0.347. The maximum Gasteiger partial charge on any atom is 0.340 e. The molecule has 104 valence electrons. The highest BCUT2D eigenvalue weighted by Gasteiger charge is 2.36. The number of aromatic nitrogens is 1. The number of carboxylic acids is 1. The molecule has 0 radical (unpaired) electrons. The third-order valence-electron chi connectivity index (χ3n) is 4.25. The summed E-state index contributed by atoms with van der Waals surface area (Å²) in [5, 5.41) is 13.4. The van der Waals surface area contributed by atoms with Gasteiger partial charge in [-0.05, 0) is 44.3 Å². The number of carboxylic acid groups (broad SMARTS) is 1. The van der Waals surface area contributed by atoms with Crippen LogP contribution < -0.4 is 5.32 Å². The van der Waals surface area contributed by atoms with E-state index in [2.05, 4.69) is 14.6 Å². The van der Waals surface area contributed by atoms with Crippen molar-refractivity contribution >= 4 is 22.5 Å². The number of anilines is 1. The van der Waals surface area contributed by atoms with Gasteiger partial charge < -0.3 is 10.4 Å². The van der Waals surface area contributed by atoms with Gasteiger partial charge in [-0.2, -0.15) is 4.37 Å². The molecule has 2 saturated heterocycles.